The van der Waals surface area contributed by atoms with Crippen LogP contribution in [0.15, 0.2) is 42.5 Å². The lowest BCUT2D eigenvalue weighted by Crippen LogP contribution is -2.32. The van der Waals surface area contributed by atoms with Crippen molar-refractivity contribution in [3.05, 3.63) is 63.9 Å². The van der Waals surface area contributed by atoms with Gasteiger partial charge in [-0.05, 0) is 36.8 Å². The van der Waals surface area contributed by atoms with Crippen molar-refractivity contribution in [3.63, 3.8) is 0 Å². The van der Waals surface area contributed by atoms with Crippen molar-refractivity contribution >= 4 is 35.1 Å². The zero-order chi connectivity index (χ0) is 19.1. The zero-order valence-corrected chi connectivity index (χ0v) is 15.3. The summed E-state index contributed by atoms with van der Waals surface area (Å²) in [7, 11) is 0. The lowest BCUT2D eigenvalue weighted by Gasteiger charge is -2.15. The summed E-state index contributed by atoms with van der Waals surface area (Å²) in [5.41, 5.74) is 0.752. The van der Waals surface area contributed by atoms with Gasteiger partial charge in [0.05, 0.1) is 16.1 Å². The first-order valence-corrected chi connectivity index (χ1v) is 8.39. The number of nitrogens with one attached hydrogen (secondary N) is 1. The van der Waals surface area contributed by atoms with Crippen molar-refractivity contribution in [2.45, 2.75) is 13.0 Å². The molecule has 0 radical (unpaired) electrons. The molecule has 2 aromatic carbocycles. The Labute approximate surface area is 160 Å². The highest BCUT2D eigenvalue weighted by Gasteiger charge is 2.14. The first-order valence-electron chi connectivity index (χ1n) is 7.64. The van der Waals surface area contributed by atoms with E-state index in [4.69, 9.17) is 32.7 Å². The summed E-state index contributed by atoms with van der Waals surface area (Å²) in [5, 5.41) is 3.45. The van der Waals surface area contributed by atoms with E-state index in [-0.39, 0.29) is 11.8 Å². The molecule has 0 spiro atoms. The first-order chi connectivity index (χ1) is 12.4. The van der Waals surface area contributed by atoms with Gasteiger partial charge >= 0.3 is 5.97 Å². The second kappa shape index (κ2) is 9.40. The molecule has 0 aromatic heterocycles. The second-order valence-electron chi connectivity index (χ2n) is 5.34. The highest BCUT2D eigenvalue weighted by atomic mass is 35.5. The number of esters is 1. The average Bonchev–Trinajstić information content (AvgIpc) is 2.61. The highest BCUT2D eigenvalue weighted by Crippen LogP contribution is 2.25. The van der Waals surface area contributed by atoms with Gasteiger partial charge in [0.1, 0.15) is 0 Å². The van der Waals surface area contributed by atoms with Crippen LogP contribution in [0.1, 0.15) is 18.5 Å². The highest BCUT2D eigenvalue weighted by molar-refractivity contribution is 6.42. The number of ether oxygens (including phenoxy) is 2. The predicted octanol–water partition coefficient (Wildman–Crippen LogP) is 3.93. The van der Waals surface area contributed by atoms with E-state index in [1.165, 1.54) is 18.2 Å². The van der Waals surface area contributed by atoms with Crippen LogP contribution < -0.4 is 10.1 Å². The summed E-state index contributed by atoms with van der Waals surface area (Å²) in [6, 6.07) is 10.3. The van der Waals surface area contributed by atoms with Crippen LogP contribution >= 0.6 is 23.2 Å². The molecule has 0 aliphatic rings. The van der Waals surface area contributed by atoms with E-state index < -0.39 is 30.9 Å². The van der Waals surface area contributed by atoms with Gasteiger partial charge in [-0.3, -0.25) is 4.79 Å². The van der Waals surface area contributed by atoms with E-state index >= 15 is 0 Å². The van der Waals surface area contributed by atoms with Gasteiger partial charge in [-0.2, -0.15) is 0 Å². The Kier molecular flexibility index (Phi) is 7.24. The largest absolute Gasteiger partial charge is 0.479 e. The zero-order valence-electron chi connectivity index (χ0n) is 13.8. The molecule has 0 aliphatic carbocycles. The molecule has 8 heteroatoms. The minimum absolute atomic E-state index is 0.0675. The van der Waals surface area contributed by atoms with Gasteiger partial charge < -0.3 is 14.8 Å². The predicted molar refractivity (Wildman–Crippen MR) is 95.9 cm³/mol. The fraction of sp³-hybridized carbons (Fsp3) is 0.222. The third kappa shape index (κ3) is 5.89. The first kappa shape index (κ1) is 20.0. The minimum atomic E-state index is -0.786. The molecule has 2 aromatic rings. The number of rotatable bonds is 7. The number of para-hydroxylation sites is 1. The third-order valence-electron chi connectivity index (χ3n) is 3.37. The molecular weight excluding hydrogens is 384 g/mol. The van der Waals surface area contributed by atoms with E-state index in [0.29, 0.717) is 10.0 Å². The molecule has 1 N–H and O–H groups in total. The van der Waals surface area contributed by atoms with Crippen molar-refractivity contribution in [1.82, 2.24) is 5.32 Å². The van der Waals surface area contributed by atoms with Gasteiger partial charge in [-0.15, -0.1) is 0 Å². The lowest BCUT2D eigenvalue weighted by molar-refractivity contribution is -0.150. The summed E-state index contributed by atoms with van der Waals surface area (Å²) in [6.07, 6.45) is 0. The maximum atomic E-state index is 13.4. The van der Waals surface area contributed by atoms with Crippen LogP contribution in [0.5, 0.6) is 5.75 Å². The van der Waals surface area contributed by atoms with Crippen molar-refractivity contribution in [2.24, 2.45) is 0 Å². The number of carbonyl (C=O) groups is 2. The Morgan fingerprint density at radius 3 is 2.54 bits per heavy atom. The van der Waals surface area contributed by atoms with Gasteiger partial charge in [0.15, 0.2) is 24.8 Å². The Hall–Kier alpha value is -2.31. The molecule has 0 bridgehead atoms. The lowest BCUT2D eigenvalue weighted by atomic mass is 10.1. The molecule has 0 aliphatic heterocycles. The van der Waals surface area contributed by atoms with Crippen LogP contribution in [0.25, 0.3) is 0 Å². The van der Waals surface area contributed by atoms with Crippen molar-refractivity contribution in [1.29, 1.82) is 0 Å². The third-order valence-corrected chi connectivity index (χ3v) is 4.11. The fourth-order valence-corrected chi connectivity index (χ4v) is 2.34. The van der Waals surface area contributed by atoms with Gasteiger partial charge in [0.25, 0.3) is 5.91 Å². The van der Waals surface area contributed by atoms with Gasteiger partial charge in [-0.25, -0.2) is 9.18 Å². The molecule has 0 heterocycles. The van der Waals surface area contributed by atoms with Crippen LogP contribution in [0.3, 0.4) is 0 Å². The van der Waals surface area contributed by atoms with Crippen molar-refractivity contribution < 1.29 is 23.5 Å². The molecular formula is C18H16Cl2FNO4. The summed E-state index contributed by atoms with van der Waals surface area (Å²) >= 11 is 11.8. The van der Waals surface area contributed by atoms with Crippen LogP contribution in [-0.4, -0.2) is 25.1 Å². The number of amides is 1. The van der Waals surface area contributed by atoms with E-state index in [1.54, 1.807) is 31.2 Å². The number of benzene rings is 2. The van der Waals surface area contributed by atoms with Crippen molar-refractivity contribution in [2.75, 3.05) is 13.2 Å². The molecule has 1 amide bonds. The summed E-state index contributed by atoms with van der Waals surface area (Å²) in [5.74, 6) is -1.94. The Bertz CT molecular complexity index is 801. The SMILES string of the molecule is C[C@@H](NC(=O)COC(=O)COc1ccccc1F)c1ccc(Cl)c(Cl)c1. The number of hydrogen-bond acceptors (Lipinski definition) is 4. The molecule has 0 fully saturated rings. The summed E-state index contributed by atoms with van der Waals surface area (Å²) < 4.78 is 23.1. The number of halogens is 3. The van der Waals surface area contributed by atoms with Gasteiger partial charge in [-0.1, -0.05) is 41.4 Å². The molecule has 138 valence electrons. The normalized spacial score (nSPS) is 11.5. The molecule has 1 atom stereocenters. The maximum absolute atomic E-state index is 13.4. The molecule has 0 saturated carbocycles. The standard InChI is InChI=1S/C18H16Cl2FNO4/c1-11(12-6-7-13(19)14(20)8-12)22-17(23)9-26-18(24)10-25-16-5-3-2-4-15(16)21/h2-8,11H,9-10H2,1H3,(H,22,23)/t11-/m1/s1. The van der Waals surface area contributed by atoms with Crippen LogP contribution in [0, 0.1) is 5.82 Å². The molecule has 5 nitrogen and oxygen atoms in total. The summed E-state index contributed by atoms with van der Waals surface area (Å²) in [4.78, 5) is 23.5. The maximum Gasteiger partial charge on any atom is 0.344 e. The fourth-order valence-electron chi connectivity index (χ4n) is 2.03. The van der Waals surface area contributed by atoms with Crippen molar-refractivity contribution in [3.8, 4) is 5.75 Å². The Balaban J connectivity index is 1.76. The Morgan fingerprint density at radius 1 is 1.12 bits per heavy atom. The number of carbonyl (C=O) groups excluding carboxylic acids is 2. The van der Waals surface area contributed by atoms with Crippen LogP contribution in [0.4, 0.5) is 4.39 Å². The van der Waals surface area contributed by atoms with E-state index in [0.717, 1.165) is 5.56 Å². The molecule has 26 heavy (non-hydrogen) atoms. The smallest absolute Gasteiger partial charge is 0.344 e. The van der Waals surface area contributed by atoms with Gasteiger partial charge in [0, 0.05) is 0 Å². The minimum Gasteiger partial charge on any atom is -0.479 e. The average molecular weight is 400 g/mol. The molecule has 2 rings (SSSR count). The number of hydrogen-bond donors (Lipinski definition) is 1. The molecule has 0 unspecified atom stereocenters. The van der Waals surface area contributed by atoms with Crippen LogP contribution in [-0.2, 0) is 14.3 Å². The quantitative estimate of drug-likeness (QED) is 0.716. The Morgan fingerprint density at radius 2 is 1.85 bits per heavy atom. The topological polar surface area (TPSA) is 64.6 Å². The van der Waals surface area contributed by atoms with Crippen LogP contribution in [0.2, 0.25) is 10.0 Å². The monoisotopic (exact) mass is 399 g/mol. The molecule has 0 saturated heterocycles. The summed E-state index contributed by atoms with van der Waals surface area (Å²) in [6.45, 7) is 0.766. The van der Waals surface area contributed by atoms with E-state index in [2.05, 4.69) is 5.32 Å². The van der Waals surface area contributed by atoms with E-state index in [9.17, 15) is 14.0 Å². The van der Waals surface area contributed by atoms with Gasteiger partial charge in [0.2, 0.25) is 0 Å². The second-order valence-corrected chi connectivity index (χ2v) is 6.16. The van der Waals surface area contributed by atoms with E-state index in [1.807, 2.05) is 0 Å².